The highest BCUT2D eigenvalue weighted by Crippen LogP contribution is 2.29. The molecule has 1 aromatic carbocycles. The van der Waals surface area contributed by atoms with Crippen LogP contribution in [0.3, 0.4) is 0 Å². The molecule has 166 valence electrons. The molecule has 2 aromatic rings. The van der Waals surface area contributed by atoms with Crippen molar-refractivity contribution in [3.63, 3.8) is 0 Å². The fourth-order valence-electron chi connectivity index (χ4n) is 3.87. The Morgan fingerprint density at radius 1 is 1.12 bits per heavy atom. The number of rotatable bonds is 5. The van der Waals surface area contributed by atoms with Gasteiger partial charge in [0.1, 0.15) is 5.82 Å². The first kappa shape index (κ1) is 20.7. The second kappa shape index (κ2) is 8.36. The van der Waals surface area contributed by atoms with Crippen molar-refractivity contribution >= 4 is 27.8 Å². The number of fused-ring (bicyclic) bond motifs is 1. The number of ether oxygens (including phenoxy) is 1. The maximum absolute atomic E-state index is 11.8. The Morgan fingerprint density at radius 3 is 2.66 bits per heavy atom. The number of nitrogens with zero attached hydrogens (tertiary/aromatic N) is 4. The Hall–Kier alpha value is -3.24. The van der Waals surface area contributed by atoms with Gasteiger partial charge >= 0.3 is 0 Å². The van der Waals surface area contributed by atoms with Gasteiger partial charge in [0, 0.05) is 60.9 Å². The molecular weight excluding hydrogens is 428 g/mol. The monoisotopic (exact) mass is 452 g/mol. The van der Waals surface area contributed by atoms with Gasteiger partial charge in [-0.3, -0.25) is 5.43 Å². The summed E-state index contributed by atoms with van der Waals surface area (Å²) in [5.41, 5.74) is 6.70. The first-order valence-corrected chi connectivity index (χ1v) is 12.3. The van der Waals surface area contributed by atoms with Crippen LogP contribution in [0.15, 0.2) is 63.9 Å². The van der Waals surface area contributed by atoms with Crippen molar-refractivity contribution in [2.75, 3.05) is 42.8 Å². The van der Waals surface area contributed by atoms with Crippen LogP contribution in [0.25, 0.3) is 11.3 Å². The number of allylic oxidation sites excluding steroid dienone is 4. The van der Waals surface area contributed by atoms with Crippen LogP contribution in [-0.2, 0) is 14.6 Å². The Balaban J connectivity index is 1.48. The lowest BCUT2D eigenvalue weighted by molar-refractivity contribution is 0.122. The predicted octanol–water partition coefficient (Wildman–Crippen LogP) is 2.17. The third-order valence-corrected chi connectivity index (χ3v) is 6.76. The summed E-state index contributed by atoms with van der Waals surface area (Å²) >= 11 is 0. The molecule has 0 bridgehead atoms. The Bertz CT molecular complexity index is 1210. The van der Waals surface area contributed by atoms with Crippen LogP contribution in [-0.4, -0.2) is 57.2 Å². The molecule has 0 saturated carbocycles. The first-order valence-electron chi connectivity index (χ1n) is 10.4. The molecular formula is C22H24N6O3S. The lowest BCUT2D eigenvalue weighted by atomic mass is 9.97. The van der Waals surface area contributed by atoms with Crippen molar-refractivity contribution in [3.8, 4) is 11.3 Å². The maximum atomic E-state index is 11.8. The maximum Gasteiger partial charge on any atom is 0.228 e. The van der Waals surface area contributed by atoms with Gasteiger partial charge in [-0.25, -0.2) is 13.4 Å². The summed E-state index contributed by atoms with van der Waals surface area (Å²) in [6.07, 6.45) is 7.97. The second-order valence-corrected chi connectivity index (χ2v) is 9.99. The van der Waals surface area contributed by atoms with Crippen LogP contribution in [0.5, 0.6) is 0 Å². The predicted molar refractivity (Wildman–Crippen MR) is 123 cm³/mol. The number of hydrogen-bond acceptors (Lipinski definition) is 9. The average Bonchev–Trinajstić information content (AvgIpc) is 3.27. The van der Waals surface area contributed by atoms with Crippen molar-refractivity contribution < 1.29 is 13.2 Å². The molecule has 1 fully saturated rings. The van der Waals surface area contributed by atoms with E-state index in [0.717, 1.165) is 42.2 Å². The normalized spacial score (nSPS) is 20.3. The molecule has 10 heteroatoms. The van der Waals surface area contributed by atoms with E-state index in [1.165, 1.54) is 6.26 Å². The SMILES string of the molecule is CS(=O)(=O)c1ccc(-c2cc(NC3=CC=C4NN=CC4C3)nc(N3CCOCC3)n2)cc1. The second-order valence-electron chi connectivity index (χ2n) is 7.97. The zero-order chi connectivity index (χ0) is 22.1. The largest absolute Gasteiger partial charge is 0.378 e. The molecule has 0 spiro atoms. The average molecular weight is 453 g/mol. The Morgan fingerprint density at radius 2 is 1.91 bits per heavy atom. The highest BCUT2D eigenvalue weighted by Gasteiger charge is 2.22. The van der Waals surface area contributed by atoms with E-state index in [1.807, 2.05) is 24.4 Å². The molecule has 1 saturated heterocycles. The van der Waals surface area contributed by atoms with Gasteiger partial charge < -0.3 is 15.0 Å². The summed E-state index contributed by atoms with van der Waals surface area (Å²) < 4.78 is 29.1. The van der Waals surface area contributed by atoms with Gasteiger partial charge in [-0.05, 0) is 24.3 Å². The van der Waals surface area contributed by atoms with Crippen LogP contribution in [0.4, 0.5) is 11.8 Å². The van der Waals surface area contributed by atoms with Gasteiger partial charge in [-0.2, -0.15) is 10.1 Å². The highest BCUT2D eigenvalue weighted by molar-refractivity contribution is 7.90. The van der Waals surface area contributed by atoms with Gasteiger partial charge in [0.15, 0.2) is 9.84 Å². The molecule has 3 heterocycles. The fraction of sp³-hybridized carbons (Fsp3) is 0.318. The number of anilines is 2. The van der Waals surface area contributed by atoms with Crippen LogP contribution in [0, 0.1) is 5.92 Å². The molecule has 9 nitrogen and oxygen atoms in total. The van der Waals surface area contributed by atoms with Crippen molar-refractivity contribution in [3.05, 3.63) is 53.9 Å². The zero-order valence-electron chi connectivity index (χ0n) is 17.7. The van der Waals surface area contributed by atoms with Crippen molar-refractivity contribution in [1.82, 2.24) is 15.4 Å². The van der Waals surface area contributed by atoms with Crippen molar-refractivity contribution in [2.45, 2.75) is 11.3 Å². The fourth-order valence-corrected chi connectivity index (χ4v) is 4.50. The van der Waals surface area contributed by atoms with E-state index in [4.69, 9.17) is 14.7 Å². The van der Waals surface area contributed by atoms with E-state index in [1.54, 1.807) is 24.3 Å². The molecule has 1 unspecified atom stereocenters. The molecule has 2 aliphatic heterocycles. The van der Waals surface area contributed by atoms with E-state index in [-0.39, 0.29) is 10.8 Å². The number of benzene rings is 1. The van der Waals surface area contributed by atoms with E-state index >= 15 is 0 Å². The molecule has 3 aliphatic rings. The lowest BCUT2D eigenvalue weighted by Gasteiger charge is -2.27. The Labute approximate surface area is 186 Å². The van der Waals surface area contributed by atoms with Crippen LogP contribution >= 0.6 is 0 Å². The molecule has 1 aromatic heterocycles. The van der Waals surface area contributed by atoms with Crippen LogP contribution < -0.4 is 15.6 Å². The van der Waals surface area contributed by atoms with Gasteiger partial charge in [-0.15, -0.1) is 0 Å². The molecule has 0 radical (unpaired) electrons. The summed E-state index contributed by atoms with van der Waals surface area (Å²) in [6.45, 7) is 2.70. The summed E-state index contributed by atoms with van der Waals surface area (Å²) in [4.78, 5) is 11.9. The summed E-state index contributed by atoms with van der Waals surface area (Å²) in [5.74, 6) is 1.55. The van der Waals surface area contributed by atoms with Gasteiger partial charge in [0.25, 0.3) is 0 Å². The van der Waals surface area contributed by atoms with Gasteiger partial charge in [-0.1, -0.05) is 12.1 Å². The molecule has 0 amide bonds. The zero-order valence-corrected chi connectivity index (χ0v) is 18.5. The lowest BCUT2D eigenvalue weighted by Crippen LogP contribution is -2.37. The summed E-state index contributed by atoms with van der Waals surface area (Å²) in [5, 5.41) is 7.57. The third kappa shape index (κ3) is 4.37. The summed E-state index contributed by atoms with van der Waals surface area (Å²) in [7, 11) is -3.26. The quantitative estimate of drug-likeness (QED) is 0.711. The van der Waals surface area contributed by atoms with E-state index in [2.05, 4.69) is 20.7 Å². The minimum atomic E-state index is -3.26. The number of morpholine rings is 1. The molecule has 5 rings (SSSR count). The number of nitrogens with one attached hydrogen (secondary N) is 2. The van der Waals surface area contributed by atoms with Gasteiger partial charge in [0.2, 0.25) is 5.95 Å². The first-order chi connectivity index (χ1) is 15.5. The smallest absolute Gasteiger partial charge is 0.228 e. The third-order valence-electron chi connectivity index (χ3n) is 5.63. The van der Waals surface area contributed by atoms with Crippen molar-refractivity contribution in [1.29, 1.82) is 0 Å². The van der Waals surface area contributed by atoms with Crippen LogP contribution in [0.1, 0.15) is 6.42 Å². The Kier molecular flexibility index (Phi) is 5.40. The minimum Gasteiger partial charge on any atom is -0.378 e. The molecule has 32 heavy (non-hydrogen) atoms. The standard InChI is InChI=1S/C22H24N6O3S/c1-32(29,30)18-5-2-15(3-6-18)20-13-21(26-22(25-20)28-8-10-31-11-9-28)24-17-4-7-19-16(12-17)14-23-27-19/h2-7,13-14,16,27H,8-12H2,1H3,(H,24,25,26). The number of sulfone groups is 1. The molecule has 1 atom stereocenters. The highest BCUT2D eigenvalue weighted by atomic mass is 32.2. The van der Waals surface area contributed by atoms with E-state index in [9.17, 15) is 8.42 Å². The minimum absolute atomic E-state index is 0.242. The topological polar surface area (TPSA) is 109 Å². The van der Waals surface area contributed by atoms with E-state index in [0.29, 0.717) is 25.0 Å². The van der Waals surface area contributed by atoms with Crippen LogP contribution in [0.2, 0.25) is 0 Å². The van der Waals surface area contributed by atoms with Gasteiger partial charge in [0.05, 0.1) is 23.8 Å². The van der Waals surface area contributed by atoms with E-state index < -0.39 is 9.84 Å². The number of aromatic nitrogens is 2. The summed E-state index contributed by atoms with van der Waals surface area (Å²) in [6, 6.07) is 8.66. The number of hydrogen-bond donors (Lipinski definition) is 2. The molecule has 1 aliphatic carbocycles. The van der Waals surface area contributed by atoms with Crippen molar-refractivity contribution in [2.24, 2.45) is 11.0 Å². The molecule has 2 N–H and O–H groups in total. The number of hydrazone groups is 1.